The van der Waals surface area contributed by atoms with E-state index in [1.54, 1.807) is 0 Å². The number of carbonyl (C=O) groups is 1. The molecule has 0 fully saturated rings. The third-order valence-corrected chi connectivity index (χ3v) is 2.09. The van der Waals surface area contributed by atoms with Gasteiger partial charge in [-0.1, -0.05) is 0 Å². The number of quaternary nitrogens is 1. The molecule has 0 saturated carbocycles. The van der Waals surface area contributed by atoms with Crippen molar-refractivity contribution in [2.24, 2.45) is 0 Å². The van der Waals surface area contributed by atoms with Crippen molar-refractivity contribution in [3.8, 4) is 0 Å². The smallest absolute Gasteiger partial charge is 0.306 e. The average molecular weight is 335 g/mol. The van der Waals surface area contributed by atoms with Crippen molar-refractivity contribution < 1.29 is 40.0 Å². The largest absolute Gasteiger partial charge is 0.748 e. The third kappa shape index (κ3) is 25.9. The van der Waals surface area contributed by atoms with E-state index in [0.29, 0.717) is 17.3 Å². The van der Waals surface area contributed by atoms with Crippen molar-refractivity contribution in [2.45, 2.75) is 12.5 Å². The highest BCUT2D eigenvalue weighted by Crippen LogP contribution is 2.07. The maximum absolute atomic E-state index is 10.9. The number of carboxylic acids is 1. The van der Waals surface area contributed by atoms with E-state index < -0.39 is 32.3 Å². The molecule has 0 bridgehead atoms. The monoisotopic (exact) mass is 335 g/mol. The Kier molecular flexibility index (Phi) is 8.49. The van der Waals surface area contributed by atoms with Gasteiger partial charge in [-0.3, -0.25) is 8.98 Å². The second-order valence-electron chi connectivity index (χ2n) is 5.20. The first kappa shape index (κ1) is 21.5. The molecule has 0 aliphatic carbocycles. The van der Waals surface area contributed by atoms with Gasteiger partial charge in [0.15, 0.2) is 0 Å². The topological polar surface area (TPSA) is 138 Å². The van der Waals surface area contributed by atoms with E-state index in [4.69, 9.17) is 22.3 Å². The first-order chi connectivity index (χ1) is 8.49. The van der Waals surface area contributed by atoms with Gasteiger partial charge in [0.2, 0.25) is 0 Å². The number of hydrogen-bond acceptors (Lipinski definition) is 7. The Morgan fingerprint density at radius 1 is 1.20 bits per heavy atom. The third-order valence-electron chi connectivity index (χ3n) is 1.46. The van der Waals surface area contributed by atoms with Gasteiger partial charge in [-0.2, -0.15) is 8.42 Å². The van der Waals surface area contributed by atoms with E-state index in [-0.39, 0.29) is 6.42 Å². The summed E-state index contributed by atoms with van der Waals surface area (Å²) < 4.78 is 54.1. The van der Waals surface area contributed by atoms with Crippen LogP contribution in [0.1, 0.15) is 6.42 Å². The number of hydrogen-bond donors (Lipinski definition) is 1. The lowest BCUT2D eigenvalue weighted by Gasteiger charge is -2.27. The highest BCUT2D eigenvalue weighted by molar-refractivity contribution is 7.86. The maximum Gasteiger partial charge on any atom is 0.306 e. The van der Waals surface area contributed by atoms with Crippen LogP contribution in [0.3, 0.4) is 0 Å². The molecule has 122 valence electrons. The van der Waals surface area contributed by atoms with Gasteiger partial charge in [0.1, 0.15) is 12.6 Å². The summed E-state index contributed by atoms with van der Waals surface area (Å²) in [5.41, 5.74) is 0. The first-order valence-electron chi connectivity index (χ1n) is 5.31. The Labute approximate surface area is 119 Å². The molecule has 1 atom stereocenters. The van der Waals surface area contributed by atoms with Crippen molar-refractivity contribution >= 4 is 26.2 Å². The standard InChI is InChI=1S/C8H17NO5S.CH4O3S/c1-9(2,3)6-7(5-8(10)11)14-15(4,12)13;1-5(2,3)4/h7H,5-6H2,1-4H3;1H3,(H,2,3,4)/t7-;/m0./s1. The molecule has 0 aromatic heterocycles. The molecule has 0 aliphatic heterocycles. The van der Waals surface area contributed by atoms with E-state index >= 15 is 0 Å². The minimum absolute atomic E-state index is 0.317. The Balaban J connectivity index is 0. The fourth-order valence-corrected chi connectivity index (χ4v) is 1.81. The van der Waals surface area contributed by atoms with Gasteiger partial charge in [-0.25, -0.2) is 8.42 Å². The molecule has 1 N–H and O–H groups in total. The summed E-state index contributed by atoms with van der Waals surface area (Å²) in [6.07, 6.45) is 0.380. The van der Waals surface area contributed by atoms with Crippen molar-refractivity contribution in [3.05, 3.63) is 0 Å². The van der Waals surface area contributed by atoms with Gasteiger partial charge >= 0.3 is 5.97 Å². The van der Waals surface area contributed by atoms with E-state index in [1.807, 2.05) is 21.1 Å². The van der Waals surface area contributed by atoms with E-state index in [9.17, 15) is 13.2 Å². The van der Waals surface area contributed by atoms with Gasteiger partial charge in [0.05, 0.1) is 43.9 Å². The Morgan fingerprint density at radius 3 is 1.75 bits per heavy atom. The number of rotatable bonds is 6. The summed E-state index contributed by atoms with van der Waals surface area (Å²) in [6.45, 7) is 0.319. The second kappa shape index (κ2) is 7.88. The molecular weight excluding hydrogens is 314 g/mol. The average Bonchev–Trinajstić information content (AvgIpc) is 1.89. The maximum atomic E-state index is 10.9. The zero-order valence-electron chi connectivity index (χ0n) is 12.1. The molecule has 0 aromatic carbocycles. The van der Waals surface area contributed by atoms with Gasteiger partial charge in [-0.15, -0.1) is 0 Å². The second-order valence-corrected chi connectivity index (χ2v) is 8.21. The van der Waals surface area contributed by atoms with Gasteiger partial charge < -0.3 is 14.1 Å². The van der Waals surface area contributed by atoms with Crippen LogP contribution in [0.4, 0.5) is 0 Å². The first-order valence-corrected chi connectivity index (χ1v) is 8.94. The molecule has 0 aliphatic rings. The molecule has 0 rings (SSSR count). The normalized spacial score (nSPS) is 14.1. The van der Waals surface area contributed by atoms with Crippen LogP contribution in [0.15, 0.2) is 0 Å². The zero-order chi connectivity index (χ0) is 16.8. The summed E-state index contributed by atoms with van der Waals surface area (Å²) in [6, 6.07) is 0. The molecule has 9 nitrogen and oxygen atoms in total. The minimum Gasteiger partial charge on any atom is -0.748 e. The summed E-state index contributed by atoms with van der Waals surface area (Å²) in [5.74, 6) is -1.07. The fourth-order valence-electron chi connectivity index (χ4n) is 1.18. The quantitative estimate of drug-likeness (QED) is 0.358. The van der Waals surface area contributed by atoms with Crippen LogP contribution in [0.5, 0.6) is 0 Å². The predicted octanol–water partition coefficient (Wildman–Crippen LogP) is -1.33. The SMILES string of the molecule is CS(=O)(=O)[O-].C[N+](C)(C)C[C@H](CC(=O)O)OS(C)(=O)=O. The molecule has 11 heteroatoms. The van der Waals surface area contributed by atoms with Gasteiger partial charge in [-0.05, 0) is 0 Å². The molecule has 0 aromatic rings. The predicted molar refractivity (Wildman–Crippen MR) is 70.5 cm³/mol. The van der Waals surface area contributed by atoms with Crippen LogP contribution in [0.25, 0.3) is 0 Å². The zero-order valence-corrected chi connectivity index (χ0v) is 13.7. The van der Waals surface area contributed by atoms with Crippen molar-refractivity contribution in [1.29, 1.82) is 0 Å². The molecule has 0 heterocycles. The van der Waals surface area contributed by atoms with Gasteiger partial charge in [0, 0.05) is 6.26 Å². The van der Waals surface area contributed by atoms with Crippen LogP contribution in [-0.2, 0) is 29.2 Å². The number of aliphatic carboxylic acids is 1. The summed E-state index contributed by atoms with van der Waals surface area (Å²) >= 11 is 0. The highest BCUT2D eigenvalue weighted by atomic mass is 32.2. The van der Waals surface area contributed by atoms with Gasteiger partial charge in [0.25, 0.3) is 10.1 Å². The van der Waals surface area contributed by atoms with Crippen LogP contribution >= 0.6 is 0 Å². The Bertz CT molecular complexity index is 495. The Hall–Kier alpha value is -0.750. The molecule has 0 radical (unpaired) electrons. The minimum atomic E-state index is -3.92. The highest BCUT2D eigenvalue weighted by Gasteiger charge is 2.25. The lowest BCUT2D eigenvalue weighted by Crippen LogP contribution is -2.43. The molecule has 0 amide bonds. The lowest BCUT2D eigenvalue weighted by atomic mass is 10.2. The summed E-state index contributed by atoms with van der Waals surface area (Å²) in [5, 5.41) is 8.60. The fraction of sp³-hybridized carbons (Fsp3) is 0.889. The summed E-state index contributed by atoms with van der Waals surface area (Å²) in [4.78, 5) is 10.5. The van der Waals surface area contributed by atoms with Crippen LogP contribution in [-0.4, -0.2) is 83.3 Å². The molecule has 0 spiro atoms. The molecular formula is C9H21NO8S2. The molecule has 0 saturated heterocycles. The number of likely N-dealkylation sites (N-methyl/N-ethyl adjacent to an activating group) is 1. The van der Waals surface area contributed by atoms with Crippen molar-refractivity contribution in [1.82, 2.24) is 0 Å². The van der Waals surface area contributed by atoms with Crippen LogP contribution < -0.4 is 0 Å². The van der Waals surface area contributed by atoms with Crippen LogP contribution in [0.2, 0.25) is 0 Å². The Morgan fingerprint density at radius 2 is 1.55 bits per heavy atom. The van der Waals surface area contributed by atoms with Crippen LogP contribution in [0, 0.1) is 0 Å². The molecule has 0 unspecified atom stereocenters. The van der Waals surface area contributed by atoms with E-state index in [0.717, 1.165) is 6.26 Å². The van der Waals surface area contributed by atoms with Crippen molar-refractivity contribution in [2.75, 3.05) is 40.2 Å². The lowest BCUT2D eigenvalue weighted by molar-refractivity contribution is -0.873. The summed E-state index contributed by atoms with van der Waals surface area (Å²) in [7, 11) is -2.03. The van der Waals surface area contributed by atoms with E-state index in [1.165, 1.54) is 0 Å². The number of carboxylic acid groups (broad SMARTS) is 1. The molecule has 20 heavy (non-hydrogen) atoms. The number of nitrogens with zero attached hydrogens (tertiary/aromatic N) is 1. The van der Waals surface area contributed by atoms with E-state index in [2.05, 4.69) is 0 Å². The van der Waals surface area contributed by atoms with Crippen molar-refractivity contribution in [3.63, 3.8) is 0 Å².